The van der Waals surface area contributed by atoms with Gasteiger partial charge in [-0.25, -0.2) is 4.98 Å². The van der Waals surface area contributed by atoms with Crippen molar-refractivity contribution in [1.29, 1.82) is 0 Å². The Balaban J connectivity index is 2.18. The summed E-state index contributed by atoms with van der Waals surface area (Å²) in [6.45, 7) is 4.00. The summed E-state index contributed by atoms with van der Waals surface area (Å²) in [6, 6.07) is 0.407. The van der Waals surface area contributed by atoms with Crippen molar-refractivity contribution in [2.45, 2.75) is 19.9 Å². The number of rotatable bonds is 5. The van der Waals surface area contributed by atoms with E-state index >= 15 is 0 Å². The molecule has 102 valence electrons. The standard InChI is InChI=1S/C11H15N5O2S/c1-6-5-12-8(19-6)7(2)13-9-14-10(17-3)16-11(15-9)18-4/h5,7H,1-4H3,(H,13,14,15,16). The van der Waals surface area contributed by atoms with E-state index in [0.29, 0.717) is 5.95 Å². The summed E-state index contributed by atoms with van der Waals surface area (Å²) in [5.41, 5.74) is 0. The SMILES string of the molecule is COc1nc(NC(C)c2ncc(C)s2)nc(OC)n1. The van der Waals surface area contributed by atoms with Crippen LogP contribution in [0.15, 0.2) is 6.20 Å². The monoisotopic (exact) mass is 281 g/mol. The molecule has 0 fully saturated rings. The van der Waals surface area contributed by atoms with Crippen LogP contribution in [0.1, 0.15) is 22.9 Å². The third-order valence-corrected chi connectivity index (χ3v) is 3.41. The highest BCUT2D eigenvalue weighted by atomic mass is 32.1. The summed E-state index contributed by atoms with van der Waals surface area (Å²) < 4.78 is 9.99. The van der Waals surface area contributed by atoms with Crippen molar-refractivity contribution in [2.75, 3.05) is 19.5 Å². The van der Waals surface area contributed by atoms with Crippen LogP contribution >= 0.6 is 11.3 Å². The van der Waals surface area contributed by atoms with Gasteiger partial charge in [0.2, 0.25) is 5.95 Å². The molecule has 0 aliphatic carbocycles. The molecule has 1 atom stereocenters. The predicted octanol–water partition coefficient (Wildman–Crippen LogP) is 1.83. The highest BCUT2D eigenvalue weighted by Gasteiger charge is 2.13. The Hall–Kier alpha value is -1.96. The third-order valence-electron chi connectivity index (χ3n) is 2.31. The first kappa shape index (κ1) is 13.5. The molecule has 8 heteroatoms. The first-order chi connectivity index (χ1) is 9.12. The van der Waals surface area contributed by atoms with E-state index in [2.05, 4.69) is 25.3 Å². The highest BCUT2D eigenvalue weighted by Crippen LogP contribution is 2.22. The number of hydrogen-bond donors (Lipinski definition) is 1. The largest absolute Gasteiger partial charge is 0.467 e. The van der Waals surface area contributed by atoms with Gasteiger partial charge in [-0.05, 0) is 13.8 Å². The van der Waals surface area contributed by atoms with Crippen molar-refractivity contribution >= 4 is 17.3 Å². The molecule has 2 aromatic rings. The van der Waals surface area contributed by atoms with Crippen LogP contribution in [0.2, 0.25) is 0 Å². The minimum Gasteiger partial charge on any atom is -0.467 e. The number of aromatic nitrogens is 4. The number of thiazole rings is 1. The van der Waals surface area contributed by atoms with E-state index in [1.54, 1.807) is 11.3 Å². The minimum absolute atomic E-state index is 0.00416. The van der Waals surface area contributed by atoms with E-state index in [0.717, 1.165) is 9.88 Å². The van der Waals surface area contributed by atoms with E-state index in [9.17, 15) is 0 Å². The zero-order valence-electron chi connectivity index (χ0n) is 11.2. The number of nitrogens with zero attached hydrogens (tertiary/aromatic N) is 4. The molecule has 1 unspecified atom stereocenters. The van der Waals surface area contributed by atoms with Gasteiger partial charge in [0.25, 0.3) is 0 Å². The number of anilines is 1. The van der Waals surface area contributed by atoms with E-state index in [-0.39, 0.29) is 18.1 Å². The lowest BCUT2D eigenvalue weighted by Crippen LogP contribution is -2.11. The van der Waals surface area contributed by atoms with Gasteiger partial charge < -0.3 is 14.8 Å². The predicted molar refractivity (Wildman–Crippen MR) is 71.8 cm³/mol. The van der Waals surface area contributed by atoms with Gasteiger partial charge in [0, 0.05) is 11.1 Å². The highest BCUT2D eigenvalue weighted by molar-refractivity contribution is 7.11. The van der Waals surface area contributed by atoms with E-state index < -0.39 is 0 Å². The Morgan fingerprint density at radius 3 is 2.26 bits per heavy atom. The Kier molecular flexibility index (Phi) is 4.10. The molecule has 0 saturated heterocycles. The second kappa shape index (κ2) is 5.79. The molecule has 0 aromatic carbocycles. The molecule has 2 aromatic heterocycles. The Bertz CT molecular complexity index is 538. The average Bonchev–Trinajstić information content (AvgIpc) is 2.85. The van der Waals surface area contributed by atoms with Gasteiger partial charge in [0.15, 0.2) is 0 Å². The fourth-order valence-corrected chi connectivity index (χ4v) is 2.19. The van der Waals surface area contributed by atoms with Crippen LogP contribution in [0.25, 0.3) is 0 Å². The van der Waals surface area contributed by atoms with Crippen molar-refractivity contribution < 1.29 is 9.47 Å². The molecule has 0 bridgehead atoms. The molecule has 0 amide bonds. The summed E-state index contributed by atoms with van der Waals surface area (Å²) in [4.78, 5) is 17.6. The van der Waals surface area contributed by atoms with E-state index in [1.165, 1.54) is 14.2 Å². The normalized spacial score (nSPS) is 12.0. The number of nitrogens with one attached hydrogen (secondary N) is 1. The van der Waals surface area contributed by atoms with Gasteiger partial charge in [-0.3, -0.25) is 0 Å². The quantitative estimate of drug-likeness (QED) is 0.895. The molecular weight excluding hydrogens is 266 g/mol. The number of aryl methyl sites for hydroxylation is 1. The fourth-order valence-electron chi connectivity index (χ4n) is 1.41. The first-order valence-electron chi connectivity index (χ1n) is 5.65. The fraction of sp³-hybridized carbons (Fsp3) is 0.455. The summed E-state index contributed by atoms with van der Waals surface area (Å²) in [5, 5.41) is 4.11. The van der Waals surface area contributed by atoms with Gasteiger partial charge >= 0.3 is 12.0 Å². The third kappa shape index (κ3) is 3.28. The van der Waals surface area contributed by atoms with Crippen LogP contribution < -0.4 is 14.8 Å². The van der Waals surface area contributed by atoms with E-state index in [4.69, 9.17) is 9.47 Å². The summed E-state index contributed by atoms with van der Waals surface area (Å²) in [7, 11) is 2.98. The van der Waals surface area contributed by atoms with Crippen molar-refractivity contribution in [3.63, 3.8) is 0 Å². The van der Waals surface area contributed by atoms with E-state index in [1.807, 2.05) is 20.0 Å². The molecule has 1 N–H and O–H groups in total. The van der Waals surface area contributed by atoms with Gasteiger partial charge in [-0.1, -0.05) is 0 Å². The lowest BCUT2D eigenvalue weighted by Gasteiger charge is -2.11. The second-order valence-corrected chi connectivity index (χ2v) is 5.07. The Labute approximate surface area is 115 Å². The molecule has 7 nitrogen and oxygen atoms in total. The molecule has 0 saturated carbocycles. The van der Waals surface area contributed by atoms with Crippen molar-refractivity contribution in [1.82, 2.24) is 19.9 Å². The zero-order valence-corrected chi connectivity index (χ0v) is 12.0. The maximum absolute atomic E-state index is 4.99. The lowest BCUT2D eigenvalue weighted by atomic mass is 10.4. The molecule has 2 heterocycles. The first-order valence-corrected chi connectivity index (χ1v) is 6.47. The van der Waals surface area contributed by atoms with Crippen molar-refractivity contribution in [2.24, 2.45) is 0 Å². The molecule has 0 radical (unpaired) electrons. The van der Waals surface area contributed by atoms with Gasteiger partial charge in [-0.15, -0.1) is 16.3 Å². The Morgan fingerprint density at radius 2 is 1.79 bits per heavy atom. The van der Waals surface area contributed by atoms with Crippen LogP contribution in [0.3, 0.4) is 0 Å². The Morgan fingerprint density at radius 1 is 1.16 bits per heavy atom. The topological polar surface area (TPSA) is 82.0 Å². The number of ether oxygens (including phenoxy) is 2. The summed E-state index contributed by atoms with van der Waals surface area (Å²) in [6.07, 6.45) is 1.84. The van der Waals surface area contributed by atoms with Gasteiger partial charge in [0.05, 0.1) is 20.3 Å². The molecular formula is C11H15N5O2S. The molecule has 2 rings (SSSR count). The van der Waals surface area contributed by atoms with Gasteiger partial charge in [0.1, 0.15) is 5.01 Å². The minimum atomic E-state index is -0.00416. The maximum Gasteiger partial charge on any atom is 0.324 e. The molecule has 0 aliphatic heterocycles. The van der Waals surface area contributed by atoms with Crippen LogP contribution in [0.4, 0.5) is 5.95 Å². The number of methoxy groups -OCH3 is 2. The molecule has 0 aliphatic rings. The molecule has 19 heavy (non-hydrogen) atoms. The smallest absolute Gasteiger partial charge is 0.324 e. The average molecular weight is 281 g/mol. The van der Waals surface area contributed by atoms with Crippen LogP contribution in [-0.4, -0.2) is 34.2 Å². The van der Waals surface area contributed by atoms with Crippen LogP contribution in [0.5, 0.6) is 12.0 Å². The summed E-state index contributed by atoms with van der Waals surface area (Å²) in [5.74, 6) is 0.393. The van der Waals surface area contributed by atoms with Crippen molar-refractivity contribution in [3.8, 4) is 12.0 Å². The molecule has 0 spiro atoms. The number of hydrogen-bond acceptors (Lipinski definition) is 8. The van der Waals surface area contributed by atoms with Crippen LogP contribution in [-0.2, 0) is 0 Å². The maximum atomic E-state index is 4.99. The van der Waals surface area contributed by atoms with Crippen LogP contribution in [0, 0.1) is 6.92 Å². The second-order valence-electron chi connectivity index (χ2n) is 3.81. The zero-order chi connectivity index (χ0) is 13.8. The lowest BCUT2D eigenvalue weighted by molar-refractivity contribution is 0.341. The van der Waals surface area contributed by atoms with Gasteiger partial charge in [-0.2, -0.15) is 9.97 Å². The summed E-state index contributed by atoms with van der Waals surface area (Å²) >= 11 is 1.63. The van der Waals surface area contributed by atoms with Crippen molar-refractivity contribution in [3.05, 3.63) is 16.1 Å².